The first kappa shape index (κ1) is 24.7. The molecule has 0 spiro atoms. The number of esters is 1. The number of nitrogens with zero attached hydrogens (tertiary/aromatic N) is 1. The number of halogens is 1. The summed E-state index contributed by atoms with van der Waals surface area (Å²) in [4.78, 5) is 24.3. The first-order chi connectivity index (χ1) is 15.6. The lowest BCUT2D eigenvalue weighted by Gasteiger charge is -2.34. The van der Waals surface area contributed by atoms with Gasteiger partial charge < -0.3 is 14.8 Å². The third kappa shape index (κ3) is 6.08. The Labute approximate surface area is 192 Å². The van der Waals surface area contributed by atoms with Crippen molar-refractivity contribution in [3.8, 4) is 5.75 Å². The summed E-state index contributed by atoms with van der Waals surface area (Å²) >= 11 is 0. The molecule has 1 saturated heterocycles. The minimum Gasteiger partial charge on any atom is -0.494 e. The van der Waals surface area contributed by atoms with E-state index in [-0.39, 0.29) is 16.2 Å². The predicted molar refractivity (Wildman–Crippen MR) is 120 cm³/mol. The zero-order valence-electron chi connectivity index (χ0n) is 18.7. The lowest BCUT2D eigenvalue weighted by Crippen LogP contribution is -2.42. The number of amides is 1. The van der Waals surface area contributed by atoms with Gasteiger partial charge in [0.2, 0.25) is 10.0 Å². The van der Waals surface area contributed by atoms with Gasteiger partial charge in [-0.15, -0.1) is 0 Å². The van der Waals surface area contributed by atoms with Crippen molar-refractivity contribution >= 4 is 27.6 Å². The van der Waals surface area contributed by atoms with Gasteiger partial charge in [0.05, 0.1) is 17.6 Å². The second kappa shape index (κ2) is 10.3. The number of rotatable bonds is 7. The Morgan fingerprint density at radius 2 is 1.73 bits per heavy atom. The van der Waals surface area contributed by atoms with Gasteiger partial charge in [-0.05, 0) is 60.7 Å². The fourth-order valence-electron chi connectivity index (χ4n) is 3.87. The van der Waals surface area contributed by atoms with Crippen LogP contribution in [0.4, 0.5) is 10.1 Å². The van der Waals surface area contributed by atoms with Gasteiger partial charge in [-0.1, -0.05) is 13.8 Å². The van der Waals surface area contributed by atoms with Gasteiger partial charge in [-0.25, -0.2) is 17.6 Å². The van der Waals surface area contributed by atoms with Gasteiger partial charge in [0, 0.05) is 18.8 Å². The van der Waals surface area contributed by atoms with E-state index in [0.29, 0.717) is 30.6 Å². The van der Waals surface area contributed by atoms with Crippen LogP contribution in [0.5, 0.6) is 5.75 Å². The highest BCUT2D eigenvalue weighted by Gasteiger charge is 2.31. The molecule has 1 aliphatic heterocycles. The minimum absolute atomic E-state index is 0.0148. The molecule has 10 heteroatoms. The zero-order chi connectivity index (χ0) is 24.2. The van der Waals surface area contributed by atoms with Crippen molar-refractivity contribution in [2.45, 2.75) is 25.2 Å². The second-order valence-electron chi connectivity index (χ2n) is 8.27. The van der Waals surface area contributed by atoms with Crippen molar-refractivity contribution in [2.75, 3.05) is 32.1 Å². The first-order valence-corrected chi connectivity index (χ1v) is 11.9. The van der Waals surface area contributed by atoms with Crippen molar-refractivity contribution in [1.29, 1.82) is 0 Å². The van der Waals surface area contributed by atoms with Crippen LogP contribution < -0.4 is 10.1 Å². The molecule has 1 fully saturated rings. The molecule has 178 valence electrons. The molecule has 2 unspecified atom stereocenters. The molecule has 1 N–H and O–H groups in total. The van der Waals surface area contributed by atoms with Crippen LogP contribution in [0.25, 0.3) is 0 Å². The summed E-state index contributed by atoms with van der Waals surface area (Å²) in [6.45, 7) is 4.45. The molecule has 0 bridgehead atoms. The Hall–Kier alpha value is -2.98. The van der Waals surface area contributed by atoms with E-state index in [2.05, 4.69) is 5.32 Å². The van der Waals surface area contributed by atoms with Crippen LogP contribution in [-0.2, 0) is 19.6 Å². The topological polar surface area (TPSA) is 102 Å². The molecule has 1 aliphatic rings. The Morgan fingerprint density at radius 1 is 1.09 bits per heavy atom. The molecule has 0 aromatic heterocycles. The van der Waals surface area contributed by atoms with Crippen LogP contribution >= 0.6 is 0 Å². The van der Waals surface area contributed by atoms with Gasteiger partial charge in [-0.3, -0.25) is 4.79 Å². The van der Waals surface area contributed by atoms with Crippen molar-refractivity contribution in [2.24, 2.45) is 11.8 Å². The van der Waals surface area contributed by atoms with Gasteiger partial charge in [-0.2, -0.15) is 4.31 Å². The van der Waals surface area contributed by atoms with E-state index in [9.17, 15) is 22.4 Å². The number of hydrogen-bond acceptors (Lipinski definition) is 6. The average molecular weight is 479 g/mol. The maximum absolute atomic E-state index is 13.7. The van der Waals surface area contributed by atoms with Crippen LogP contribution in [0.3, 0.4) is 0 Å². The first-order valence-electron chi connectivity index (χ1n) is 10.5. The fourth-order valence-corrected chi connectivity index (χ4v) is 5.55. The quantitative estimate of drug-likeness (QED) is 0.613. The number of ether oxygens (including phenoxy) is 2. The number of sulfonamides is 1. The molecule has 8 nitrogen and oxygen atoms in total. The fraction of sp³-hybridized carbons (Fsp3) is 0.391. The van der Waals surface area contributed by atoms with E-state index in [1.54, 1.807) is 0 Å². The highest BCUT2D eigenvalue weighted by Crippen LogP contribution is 2.27. The molecule has 0 saturated carbocycles. The smallest absolute Gasteiger partial charge is 0.338 e. The van der Waals surface area contributed by atoms with E-state index in [4.69, 9.17) is 9.47 Å². The van der Waals surface area contributed by atoms with E-state index in [1.807, 2.05) is 13.8 Å². The number of carbonyl (C=O) groups is 2. The van der Waals surface area contributed by atoms with Crippen molar-refractivity contribution < 1.29 is 31.9 Å². The molecule has 2 atom stereocenters. The molecule has 0 aliphatic carbocycles. The summed E-state index contributed by atoms with van der Waals surface area (Å²) in [7, 11) is -2.32. The molecule has 2 aromatic carbocycles. The molecule has 1 amide bonds. The van der Waals surface area contributed by atoms with Crippen molar-refractivity contribution in [1.82, 2.24) is 4.31 Å². The standard InChI is InChI=1S/C23H27FN2O6S/c1-15-10-16(2)13-26(12-15)33(29,30)19-7-5-18(6-8-19)25-22(27)14-32-23(28)17-4-9-21(31-3)20(24)11-17/h4-9,11,15-16H,10,12-14H2,1-3H3,(H,25,27). The largest absolute Gasteiger partial charge is 0.494 e. The lowest BCUT2D eigenvalue weighted by molar-refractivity contribution is -0.119. The molecule has 3 rings (SSSR count). The minimum atomic E-state index is -3.62. The van der Waals surface area contributed by atoms with Gasteiger partial charge >= 0.3 is 5.97 Å². The van der Waals surface area contributed by atoms with Gasteiger partial charge in [0.1, 0.15) is 0 Å². The third-order valence-electron chi connectivity index (χ3n) is 5.33. The number of benzene rings is 2. The monoisotopic (exact) mass is 478 g/mol. The van der Waals surface area contributed by atoms with E-state index in [1.165, 1.54) is 47.8 Å². The lowest BCUT2D eigenvalue weighted by atomic mass is 9.94. The predicted octanol–water partition coefficient (Wildman–Crippen LogP) is 3.30. The summed E-state index contributed by atoms with van der Waals surface area (Å²) in [5.41, 5.74) is 0.294. The normalized spacial score (nSPS) is 19.0. The Morgan fingerprint density at radius 3 is 2.30 bits per heavy atom. The SMILES string of the molecule is COc1ccc(C(=O)OCC(=O)Nc2ccc(S(=O)(=O)N3CC(C)CC(C)C3)cc2)cc1F. The zero-order valence-corrected chi connectivity index (χ0v) is 19.5. The molecule has 0 radical (unpaired) electrons. The Kier molecular flexibility index (Phi) is 7.70. The average Bonchev–Trinajstić information content (AvgIpc) is 2.77. The molecule has 2 aromatic rings. The van der Waals surface area contributed by atoms with E-state index in [0.717, 1.165) is 12.5 Å². The summed E-state index contributed by atoms with van der Waals surface area (Å²) < 4.78 is 50.8. The van der Waals surface area contributed by atoms with Gasteiger partial charge in [0.15, 0.2) is 18.2 Å². The summed E-state index contributed by atoms with van der Waals surface area (Å²) in [5.74, 6) is -1.64. The Bertz CT molecular complexity index is 1110. The second-order valence-corrected chi connectivity index (χ2v) is 10.2. The van der Waals surface area contributed by atoms with E-state index >= 15 is 0 Å². The maximum Gasteiger partial charge on any atom is 0.338 e. The van der Waals surface area contributed by atoms with E-state index < -0.39 is 34.3 Å². The number of methoxy groups -OCH3 is 1. The molecule has 1 heterocycles. The van der Waals surface area contributed by atoms with Crippen molar-refractivity contribution in [3.63, 3.8) is 0 Å². The summed E-state index contributed by atoms with van der Waals surface area (Å²) in [5, 5.41) is 2.53. The highest BCUT2D eigenvalue weighted by atomic mass is 32.2. The van der Waals surface area contributed by atoms with Crippen molar-refractivity contribution in [3.05, 3.63) is 53.8 Å². The van der Waals surface area contributed by atoms with Gasteiger partial charge in [0.25, 0.3) is 5.91 Å². The number of anilines is 1. The van der Waals surface area contributed by atoms with Crippen LogP contribution in [0.1, 0.15) is 30.6 Å². The summed E-state index contributed by atoms with van der Waals surface area (Å²) in [6.07, 6.45) is 0.995. The molecular formula is C23H27FN2O6S. The number of hydrogen-bond donors (Lipinski definition) is 1. The third-order valence-corrected chi connectivity index (χ3v) is 7.18. The number of nitrogens with one attached hydrogen (secondary N) is 1. The van der Waals surface area contributed by atoms with Crippen LogP contribution in [0, 0.1) is 17.7 Å². The molecular weight excluding hydrogens is 451 g/mol. The highest BCUT2D eigenvalue weighted by molar-refractivity contribution is 7.89. The maximum atomic E-state index is 13.7. The number of carbonyl (C=O) groups excluding carboxylic acids is 2. The number of piperidine rings is 1. The van der Waals surface area contributed by atoms with Crippen LogP contribution in [-0.4, -0.2) is 51.4 Å². The van der Waals surface area contributed by atoms with Crippen LogP contribution in [0.15, 0.2) is 47.4 Å². The molecule has 33 heavy (non-hydrogen) atoms. The summed E-state index contributed by atoms with van der Waals surface area (Å²) in [6, 6.07) is 9.38. The van der Waals surface area contributed by atoms with Crippen LogP contribution in [0.2, 0.25) is 0 Å². The Balaban J connectivity index is 1.56.